The molecule has 0 aromatic heterocycles. The van der Waals surface area contributed by atoms with Crippen LogP contribution < -0.4 is 5.32 Å². The molecule has 0 spiro atoms. The number of benzene rings is 1. The zero-order valence-electron chi connectivity index (χ0n) is 10.6. The normalized spacial score (nSPS) is 15.3. The zero-order valence-corrected chi connectivity index (χ0v) is 13.0. The maximum absolute atomic E-state index is 12.4. The summed E-state index contributed by atoms with van der Waals surface area (Å²) in [6.07, 6.45) is 0. The van der Waals surface area contributed by atoms with Gasteiger partial charge in [-0.05, 0) is 37.1 Å². The van der Waals surface area contributed by atoms with Crippen LogP contribution in [-0.4, -0.2) is 25.5 Å². The van der Waals surface area contributed by atoms with Crippen molar-refractivity contribution in [1.82, 2.24) is 0 Å². The number of halogens is 3. The predicted molar refractivity (Wildman–Crippen MR) is 75.7 cm³/mol. The third-order valence-corrected chi connectivity index (χ3v) is 5.33. The van der Waals surface area contributed by atoms with Gasteiger partial charge in [0, 0.05) is 17.1 Å². The van der Waals surface area contributed by atoms with Crippen LogP contribution in [0.15, 0.2) is 29.2 Å². The van der Waals surface area contributed by atoms with Crippen LogP contribution in [0, 0.1) is 5.92 Å². The Balaban J connectivity index is 2.83. The van der Waals surface area contributed by atoms with Crippen LogP contribution in [0.3, 0.4) is 0 Å². The van der Waals surface area contributed by atoms with Crippen molar-refractivity contribution < 1.29 is 17.2 Å². The van der Waals surface area contributed by atoms with Crippen molar-refractivity contribution >= 4 is 31.5 Å². The molecule has 1 N–H and O–H groups in total. The van der Waals surface area contributed by atoms with E-state index < -0.39 is 15.6 Å². The van der Waals surface area contributed by atoms with E-state index in [1.165, 1.54) is 24.3 Å². The van der Waals surface area contributed by atoms with E-state index in [1.54, 1.807) is 0 Å². The second kappa shape index (κ2) is 6.65. The van der Waals surface area contributed by atoms with Gasteiger partial charge in [-0.1, -0.05) is 22.9 Å². The number of sulfone groups is 1. The monoisotopic (exact) mass is 355 g/mol. The third-order valence-electron chi connectivity index (χ3n) is 2.91. The molecule has 1 aromatic carbocycles. The van der Waals surface area contributed by atoms with E-state index in [0.717, 1.165) is 5.33 Å². The minimum absolute atomic E-state index is 0.178. The Hall–Kier alpha value is -0.690. The lowest BCUT2D eigenvalue weighted by molar-refractivity contribution is 0.234. The smallest absolute Gasteiger partial charge is 0.341 e. The highest BCUT2D eigenvalue weighted by Gasteiger charge is 2.26. The van der Waals surface area contributed by atoms with Gasteiger partial charge in [-0.3, -0.25) is 0 Å². The first kappa shape index (κ1) is 16.4. The Morgan fingerprint density at radius 2 is 1.74 bits per heavy atom. The number of hydrogen-bond donors (Lipinski definition) is 1. The molecule has 7 heteroatoms. The van der Waals surface area contributed by atoms with E-state index in [0.29, 0.717) is 11.6 Å². The summed E-state index contributed by atoms with van der Waals surface area (Å²) >= 11 is 3.38. The summed E-state index contributed by atoms with van der Waals surface area (Å²) in [4.78, 5) is -0.366. The fourth-order valence-electron chi connectivity index (χ4n) is 1.38. The highest BCUT2D eigenvalue weighted by molar-refractivity contribution is 9.09. The van der Waals surface area contributed by atoms with Crippen molar-refractivity contribution in [2.45, 2.75) is 30.5 Å². The van der Waals surface area contributed by atoms with Crippen LogP contribution in [-0.2, 0) is 9.84 Å². The highest BCUT2D eigenvalue weighted by atomic mass is 79.9. The number of anilines is 1. The summed E-state index contributed by atoms with van der Waals surface area (Å²) in [5.41, 5.74) is 0.702. The molecular weight excluding hydrogens is 340 g/mol. The molecule has 0 aliphatic carbocycles. The predicted octanol–water partition coefficient (Wildman–Crippen LogP) is 3.51. The van der Waals surface area contributed by atoms with Gasteiger partial charge in [-0.25, -0.2) is 8.42 Å². The fraction of sp³-hybridized carbons (Fsp3) is 0.500. The molecule has 2 unspecified atom stereocenters. The molecule has 108 valence electrons. The summed E-state index contributed by atoms with van der Waals surface area (Å²) < 4.78 is 47.2. The number of alkyl halides is 3. The Labute approximate surface area is 120 Å². The Bertz CT molecular complexity index is 505. The topological polar surface area (TPSA) is 46.2 Å². The standard InChI is InChI=1S/C12H16BrF2NO2S/c1-8(7-13)9(2)16-10-3-5-11(6-4-10)19(17,18)12(14)15/h3-6,8-9,12,16H,7H2,1-2H3. The van der Waals surface area contributed by atoms with Crippen LogP contribution in [0.4, 0.5) is 14.5 Å². The van der Waals surface area contributed by atoms with Gasteiger partial charge in [0.05, 0.1) is 4.90 Å². The average molecular weight is 356 g/mol. The van der Waals surface area contributed by atoms with Gasteiger partial charge in [-0.15, -0.1) is 0 Å². The fourth-order valence-corrected chi connectivity index (χ4v) is 2.66. The molecule has 0 saturated carbocycles. The van der Waals surface area contributed by atoms with E-state index in [2.05, 4.69) is 28.2 Å². The summed E-state index contributed by atoms with van der Waals surface area (Å²) in [5.74, 6) is -3.01. The SMILES string of the molecule is CC(CBr)C(C)Nc1ccc(S(=O)(=O)C(F)F)cc1. The van der Waals surface area contributed by atoms with Gasteiger partial charge in [0.1, 0.15) is 0 Å². The van der Waals surface area contributed by atoms with Crippen LogP contribution in [0.5, 0.6) is 0 Å². The van der Waals surface area contributed by atoms with E-state index in [-0.39, 0.29) is 10.9 Å². The Morgan fingerprint density at radius 1 is 1.21 bits per heavy atom. The first-order valence-corrected chi connectivity index (χ1v) is 8.40. The molecule has 0 fully saturated rings. The Kier molecular flexibility index (Phi) is 5.73. The van der Waals surface area contributed by atoms with E-state index >= 15 is 0 Å². The van der Waals surface area contributed by atoms with Crippen molar-refractivity contribution in [3.05, 3.63) is 24.3 Å². The Morgan fingerprint density at radius 3 is 2.16 bits per heavy atom. The maximum atomic E-state index is 12.4. The highest BCUT2D eigenvalue weighted by Crippen LogP contribution is 2.21. The lowest BCUT2D eigenvalue weighted by Crippen LogP contribution is -2.24. The van der Waals surface area contributed by atoms with Gasteiger partial charge >= 0.3 is 5.76 Å². The molecule has 0 amide bonds. The summed E-state index contributed by atoms with van der Waals surface area (Å²) in [6.45, 7) is 4.05. The van der Waals surface area contributed by atoms with Crippen molar-refractivity contribution in [2.75, 3.05) is 10.6 Å². The van der Waals surface area contributed by atoms with E-state index in [1.807, 2.05) is 6.92 Å². The van der Waals surface area contributed by atoms with Crippen LogP contribution in [0.1, 0.15) is 13.8 Å². The number of rotatable bonds is 6. The summed E-state index contributed by atoms with van der Waals surface area (Å²) in [7, 11) is -4.51. The first-order valence-electron chi connectivity index (χ1n) is 5.73. The number of nitrogens with one attached hydrogen (secondary N) is 1. The lowest BCUT2D eigenvalue weighted by Gasteiger charge is -2.20. The molecule has 0 bridgehead atoms. The summed E-state index contributed by atoms with van der Waals surface area (Å²) in [6, 6.07) is 5.54. The van der Waals surface area contributed by atoms with Gasteiger partial charge in [0.25, 0.3) is 0 Å². The van der Waals surface area contributed by atoms with Crippen molar-refractivity contribution in [2.24, 2.45) is 5.92 Å². The van der Waals surface area contributed by atoms with Gasteiger partial charge < -0.3 is 5.32 Å². The summed E-state index contributed by atoms with van der Waals surface area (Å²) in [5, 5.41) is 4.02. The molecule has 1 rings (SSSR count). The molecular formula is C12H16BrF2NO2S. The molecule has 0 heterocycles. The van der Waals surface area contributed by atoms with Crippen molar-refractivity contribution in [1.29, 1.82) is 0 Å². The molecule has 19 heavy (non-hydrogen) atoms. The van der Waals surface area contributed by atoms with Crippen LogP contribution >= 0.6 is 15.9 Å². The minimum Gasteiger partial charge on any atom is -0.382 e. The minimum atomic E-state index is -4.51. The first-order chi connectivity index (χ1) is 8.78. The lowest BCUT2D eigenvalue weighted by atomic mass is 10.1. The number of hydrogen-bond acceptors (Lipinski definition) is 3. The molecule has 3 nitrogen and oxygen atoms in total. The van der Waals surface area contributed by atoms with Crippen LogP contribution in [0.2, 0.25) is 0 Å². The van der Waals surface area contributed by atoms with Gasteiger partial charge in [-0.2, -0.15) is 8.78 Å². The molecule has 0 aliphatic rings. The molecule has 1 aromatic rings. The largest absolute Gasteiger partial charge is 0.382 e. The van der Waals surface area contributed by atoms with Gasteiger partial charge in [0.15, 0.2) is 0 Å². The average Bonchev–Trinajstić information content (AvgIpc) is 2.38. The molecule has 0 radical (unpaired) electrons. The van der Waals surface area contributed by atoms with Crippen LogP contribution in [0.25, 0.3) is 0 Å². The molecule has 0 saturated heterocycles. The second-order valence-corrected chi connectivity index (χ2v) is 6.96. The maximum Gasteiger partial charge on any atom is 0.341 e. The van der Waals surface area contributed by atoms with Gasteiger partial charge in [0.2, 0.25) is 9.84 Å². The van der Waals surface area contributed by atoms with Crippen molar-refractivity contribution in [3.8, 4) is 0 Å². The van der Waals surface area contributed by atoms with E-state index in [4.69, 9.17) is 0 Å². The quantitative estimate of drug-likeness (QED) is 0.794. The zero-order chi connectivity index (χ0) is 14.6. The third kappa shape index (κ3) is 4.14. The molecule has 0 aliphatic heterocycles. The second-order valence-electron chi connectivity index (χ2n) is 4.39. The van der Waals surface area contributed by atoms with Crippen molar-refractivity contribution in [3.63, 3.8) is 0 Å². The van der Waals surface area contributed by atoms with E-state index in [9.17, 15) is 17.2 Å². The molecule has 2 atom stereocenters.